The van der Waals surface area contributed by atoms with Crippen molar-refractivity contribution in [3.05, 3.63) is 68.4 Å². The number of aromatic hydroxyl groups is 1. The number of phenols is 1. The molecule has 9 heteroatoms. The van der Waals surface area contributed by atoms with Gasteiger partial charge in [-0.15, -0.1) is 0 Å². The molecule has 0 radical (unpaired) electrons. The highest BCUT2D eigenvalue weighted by Gasteiger charge is 2.28. The van der Waals surface area contributed by atoms with E-state index in [1.165, 1.54) is 23.3 Å². The number of rotatable bonds is 7. The van der Waals surface area contributed by atoms with E-state index in [1.54, 1.807) is 18.2 Å². The molecule has 2 heterocycles. The number of para-hydroxylation sites is 1. The van der Waals surface area contributed by atoms with Gasteiger partial charge in [-0.05, 0) is 43.5 Å². The molecule has 0 aliphatic carbocycles. The third-order valence-corrected chi connectivity index (χ3v) is 5.73. The quantitative estimate of drug-likeness (QED) is 0.326. The van der Waals surface area contributed by atoms with Crippen molar-refractivity contribution in [3.63, 3.8) is 0 Å². The lowest BCUT2D eigenvalue weighted by Gasteiger charge is -2.30. The molecule has 9 nitrogen and oxygen atoms in total. The predicted octanol–water partition coefficient (Wildman–Crippen LogP) is 2.48. The Bertz CT molecular complexity index is 1180. The second-order valence-electron chi connectivity index (χ2n) is 7.90. The first-order chi connectivity index (χ1) is 15.4. The molecule has 2 atom stereocenters. The van der Waals surface area contributed by atoms with E-state index < -0.39 is 22.9 Å². The number of β-amino-alcohol motifs (C(OH)–C–C–N with tert-alkyl or cyclic N) is 1. The Morgan fingerprint density at radius 3 is 2.69 bits per heavy atom. The Morgan fingerprint density at radius 1 is 1.22 bits per heavy atom. The number of likely N-dealkylation sites (tertiary alicyclic amines) is 1. The molecule has 0 saturated carbocycles. The van der Waals surface area contributed by atoms with Gasteiger partial charge in [0, 0.05) is 13.1 Å². The number of aliphatic hydroxyl groups is 1. The van der Waals surface area contributed by atoms with Crippen molar-refractivity contribution in [3.8, 4) is 5.75 Å². The van der Waals surface area contributed by atoms with Crippen LogP contribution in [0.5, 0.6) is 5.75 Å². The number of aliphatic hydroxyl groups excluding tert-OH is 1. The Labute approximate surface area is 184 Å². The van der Waals surface area contributed by atoms with Crippen molar-refractivity contribution in [2.45, 2.75) is 38.3 Å². The molecular weight excluding hydrogens is 414 g/mol. The van der Waals surface area contributed by atoms with Crippen LogP contribution >= 0.6 is 0 Å². The zero-order valence-electron chi connectivity index (χ0n) is 17.6. The molecule has 168 valence electrons. The number of piperidine rings is 1. The molecule has 1 aliphatic heterocycles. The first-order valence-corrected chi connectivity index (χ1v) is 10.6. The maximum absolute atomic E-state index is 12.9. The fourth-order valence-corrected chi connectivity index (χ4v) is 3.95. The Kier molecular flexibility index (Phi) is 6.00. The highest BCUT2D eigenvalue weighted by atomic mass is 16.3. The molecule has 4 N–H and O–H groups in total. The Balaban J connectivity index is 1.57. The van der Waals surface area contributed by atoms with E-state index in [-0.39, 0.29) is 41.0 Å². The topological polar surface area (TPSA) is 132 Å². The van der Waals surface area contributed by atoms with Crippen molar-refractivity contribution in [1.29, 1.82) is 0 Å². The molecule has 32 heavy (non-hydrogen) atoms. The summed E-state index contributed by atoms with van der Waals surface area (Å²) in [4.78, 5) is 38.8. The highest BCUT2D eigenvalue weighted by Crippen LogP contribution is 2.33. The molecule has 1 amide bonds. The van der Waals surface area contributed by atoms with Gasteiger partial charge >= 0.3 is 0 Å². The molecule has 0 bridgehead atoms. The number of phenolic OH excluding ortho intramolecular Hbond substituents is 1. The fraction of sp³-hybridized carbons (Fsp3) is 0.348. The van der Waals surface area contributed by atoms with Crippen LogP contribution in [-0.4, -0.2) is 40.2 Å². The van der Waals surface area contributed by atoms with Crippen molar-refractivity contribution in [2.24, 2.45) is 0 Å². The first kappa shape index (κ1) is 21.6. The van der Waals surface area contributed by atoms with E-state index >= 15 is 0 Å². The van der Waals surface area contributed by atoms with Crippen LogP contribution in [0.2, 0.25) is 0 Å². The maximum Gasteiger partial charge on any atom is 0.257 e. The van der Waals surface area contributed by atoms with Gasteiger partial charge in [0.15, 0.2) is 5.75 Å². The van der Waals surface area contributed by atoms with E-state index in [4.69, 9.17) is 4.42 Å². The normalized spacial score (nSPS) is 17.3. The number of furan rings is 1. The van der Waals surface area contributed by atoms with Crippen LogP contribution in [0.1, 0.15) is 48.3 Å². The molecule has 4 rings (SSSR count). The summed E-state index contributed by atoms with van der Waals surface area (Å²) in [5.74, 6) is -0.0996. The molecular formula is C23H25N3O6. The lowest BCUT2D eigenvalue weighted by molar-refractivity contribution is 0.0471. The van der Waals surface area contributed by atoms with Crippen LogP contribution in [-0.2, 0) is 0 Å². The zero-order valence-corrected chi connectivity index (χ0v) is 17.6. The van der Waals surface area contributed by atoms with Crippen LogP contribution in [0.25, 0.3) is 0 Å². The Morgan fingerprint density at radius 2 is 2.00 bits per heavy atom. The monoisotopic (exact) mass is 439 g/mol. The van der Waals surface area contributed by atoms with Gasteiger partial charge in [0.05, 0.1) is 29.7 Å². The second kappa shape index (κ2) is 8.88. The summed E-state index contributed by atoms with van der Waals surface area (Å²) >= 11 is 0. The van der Waals surface area contributed by atoms with E-state index in [9.17, 15) is 24.6 Å². The van der Waals surface area contributed by atoms with E-state index in [2.05, 4.69) is 10.6 Å². The number of hydrogen-bond acceptors (Lipinski definition) is 8. The number of nitrogens with one attached hydrogen (secondary N) is 2. The second-order valence-corrected chi connectivity index (χ2v) is 7.90. The van der Waals surface area contributed by atoms with Crippen molar-refractivity contribution < 1.29 is 19.4 Å². The van der Waals surface area contributed by atoms with Gasteiger partial charge in [-0.2, -0.15) is 0 Å². The standard InChI is InChI=1S/C23H25N3O6/c1-2-15(17-9-5-11-32-17)24-18-19(22(30)21(18)29)25-16-8-3-7-14(20(16)28)23(31)26-10-4-6-13(27)12-26/h3,5,7-9,11,13,15,24-25,27-28H,2,4,6,10,12H2,1H3. The number of carbonyl (C=O) groups excluding carboxylic acids is 1. The van der Waals surface area contributed by atoms with Gasteiger partial charge in [-0.25, -0.2) is 0 Å². The lowest BCUT2D eigenvalue weighted by Crippen LogP contribution is -2.42. The SMILES string of the molecule is CCC(Nc1c(Nc2cccc(C(=O)N3CCCC(O)C3)c2O)c(=O)c1=O)c1ccco1. The molecule has 3 aromatic rings. The third kappa shape index (κ3) is 3.99. The van der Waals surface area contributed by atoms with Gasteiger partial charge in [0.25, 0.3) is 16.8 Å². The Hall–Kier alpha value is -3.59. The smallest absolute Gasteiger partial charge is 0.257 e. The van der Waals surface area contributed by atoms with Crippen LogP contribution in [0, 0.1) is 0 Å². The van der Waals surface area contributed by atoms with Gasteiger partial charge in [0.1, 0.15) is 17.1 Å². The van der Waals surface area contributed by atoms with Gasteiger partial charge in [0.2, 0.25) is 0 Å². The van der Waals surface area contributed by atoms with Crippen LogP contribution in [0.3, 0.4) is 0 Å². The molecule has 1 aromatic heterocycles. The number of amides is 1. The number of nitrogens with zero attached hydrogens (tertiary/aromatic N) is 1. The number of benzene rings is 1. The minimum Gasteiger partial charge on any atom is -0.505 e. The maximum atomic E-state index is 12.9. The van der Waals surface area contributed by atoms with E-state index in [0.29, 0.717) is 31.6 Å². The predicted molar refractivity (Wildman–Crippen MR) is 119 cm³/mol. The van der Waals surface area contributed by atoms with E-state index in [1.807, 2.05) is 6.92 Å². The number of anilines is 3. The lowest BCUT2D eigenvalue weighted by atomic mass is 10.1. The number of hydrogen-bond donors (Lipinski definition) is 4. The van der Waals surface area contributed by atoms with Gasteiger partial charge in [-0.3, -0.25) is 14.4 Å². The minimum absolute atomic E-state index is 0.0216. The summed E-state index contributed by atoms with van der Waals surface area (Å²) in [6.07, 6.45) is 2.87. The zero-order chi connectivity index (χ0) is 22.8. The van der Waals surface area contributed by atoms with Crippen molar-refractivity contribution >= 4 is 23.0 Å². The summed E-state index contributed by atoms with van der Waals surface area (Å²) in [6.45, 7) is 2.61. The van der Waals surface area contributed by atoms with Gasteiger partial charge < -0.3 is 30.2 Å². The average Bonchev–Trinajstić information content (AvgIpc) is 3.33. The fourth-order valence-electron chi connectivity index (χ4n) is 3.95. The average molecular weight is 439 g/mol. The van der Waals surface area contributed by atoms with Crippen LogP contribution in [0.4, 0.5) is 17.1 Å². The van der Waals surface area contributed by atoms with Gasteiger partial charge in [-0.1, -0.05) is 13.0 Å². The minimum atomic E-state index is -0.711. The summed E-state index contributed by atoms with van der Waals surface area (Å²) in [6, 6.07) is 7.78. The molecule has 2 aromatic carbocycles. The summed E-state index contributed by atoms with van der Waals surface area (Å²) in [7, 11) is 0. The summed E-state index contributed by atoms with van der Waals surface area (Å²) < 4.78 is 5.40. The summed E-state index contributed by atoms with van der Waals surface area (Å²) in [5, 5.41) is 26.4. The molecule has 2 unspecified atom stereocenters. The highest BCUT2D eigenvalue weighted by molar-refractivity contribution is 5.99. The first-order valence-electron chi connectivity index (χ1n) is 10.6. The molecule has 0 spiro atoms. The van der Waals surface area contributed by atoms with E-state index in [0.717, 1.165) is 0 Å². The largest absolute Gasteiger partial charge is 0.505 e. The van der Waals surface area contributed by atoms with Crippen LogP contribution < -0.4 is 21.5 Å². The molecule has 1 aliphatic rings. The molecule has 1 saturated heterocycles. The van der Waals surface area contributed by atoms with Crippen molar-refractivity contribution in [2.75, 3.05) is 23.7 Å². The van der Waals surface area contributed by atoms with Crippen LogP contribution in [0.15, 0.2) is 50.6 Å². The molecule has 1 fully saturated rings. The van der Waals surface area contributed by atoms with Crippen molar-refractivity contribution in [1.82, 2.24) is 4.90 Å². The third-order valence-electron chi connectivity index (χ3n) is 5.73. The number of carbonyl (C=O) groups is 1. The summed E-state index contributed by atoms with van der Waals surface area (Å²) in [5.41, 5.74) is -1.06.